The van der Waals surface area contributed by atoms with Gasteiger partial charge in [-0.1, -0.05) is 83.9 Å². The normalized spacial score (nSPS) is 11.5. The summed E-state index contributed by atoms with van der Waals surface area (Å²) in [7, 11) is 0. The number of hydrogen-bond acceptors (Lipinski definition) is 3. The Hall–Kier alpha value is -3.67. The predicted octanol–water partition coefficient (Wildman–Crippen LogP) is 5.89. The molecule has 1 heterocycles. The minimum absolute atomic E-state index is 0.145. The van der Waals surface area contributed by atoms with E-state index in [1.807, 2.05) is 66.7 Å². The zero-order chi connectivity index (χ0) is 26.0. The topological polar surface area (TPSA) is 62.3 Å². The summed E-state index contributed by atoms with van der Waals surface area (Å²) in [6.45, 7) is 0.583. The van der Waals surface area contributed by atoms with E-state index in [0.717, 1.165) is 22.3 Å². The second kappa shape index (κ2) is 13.0. The monoisotopic (exact) mass is 531 g/mol. The van der Waals surface area contributed by atoms with E-state index in [2.05, 4.69) is 10.3 Å². The van der Waals surface area contributed by atoms with Crippen LogP contribution in [-0.4, -0.2) is 27.7 Å². The maximum atomic E-state index is 13.8. The van der Waals surface area contributed by atoms with E-state index < -0.39 is 6.04 Å². The molecule has 1 atom stereocenters. The molecule has 1 N–H and O–H groups in total. The van der Waals surface area contributed by atoms with E-state index in [-0.39, 0.29) is 24.8 Å². The molecule has 0 aliphatic carbocycles. The second-order valence-corrected chi connectivity index (χ2v) is 9.61. The average Bonchev–Trinajstić information content (AvgIpc) is 2.92. The van der Waals surface area contributed by atoms with Gasteiger partial charge in [-0.05, 0) is 52.6 Å². The fourth-order valence-electron chi connectivity index (χ4n) is 4.03. The van der Waals surface area contributed by atoms with Gasteiger partial charge in [0.1, 0.15) is 6.04 Å². The lowest BCUT2D eigenvalue weighted by molar-refractivity contribution is -0.140. The molecule has 7 heteroatoms. The van der Waals surface area contributed by atoms with Crippen LogP contribution in [0.1, 0.15) is 22.3 Å². The number of carbonyl (C=O) groups is 2. The molecule has 188 valence electrons. The average molecular weight is 532 g/mol. The van der Waals surface area contributed by atoms with Crippen molar-refractivity contribution in [2.75, 3.05) is 0 Å². The van der Waals surface area contributed by atoms with Crippen molar-refractivity contribution in [2.45, 2.75) is 32.0 Å². The van der Waals surface area contributed by atoms with E-state index >= 15 is 0 Å². The largest absolute Gasteiger partial charge is 0.350 e. The molecular formula is C30H27Cl2N3O2. The van der Waals surface area contributed by atoms with Crippen LogP contribution in [-0.2, 0) is 35.5 Å². The Morgan fingerprint density at radius 2 is 1.38 bits per heavy atom. The lowest BCUT2D eigenvalue weighted by atomic mass is 10.0. The van der Waals surface area contributed by atoms with Gasteiger partial charge in [-0.25, -0.2) is 0 Å². The maximum Gasteiger partial charge on any atom is 0.243 e. The molecule has 1 aromatic heterocycles. The Labute approximate surface area is 227 Å². The first-order chi connectivity index (χ1) is 18.0. The number of hydrogen-bond donors (Lipinski definition) is 1. The van der Waals surface area contributed by atoms with Gasteiger partial charge in [-0.3, -0.25) is 14.6 Å². The fraction of sp³-hybridized carbons (Fsp3) is 0.167. The number of carbonyl (C=O) groups excluding carboxylic acids is 2. The van der Waals surface area contributed by atoms with Crippen molar-refractivity contribution in [3.05, 3.63) is 136 Å². The van der Waals surface area contributed by atoms with Crippen molar-refractivity contribution in [1.82, 2.24) is 15.2 Å². The summed E-state index contributed by atoms with van der Waals surface area (Å²) >= 11 is 12.1. The first-order valence-corrected chi connectivity index (χ1v) is 12.7. The van der Waals surface area contributed by atoms with Gasteiger partial charge in [-0.15, -0.1) is 0 Å². The van der Waals surface area contributed by atoms with E-state index in [1.165, 1.54) is 0 Å². The van der Waals surface area contributed by atoms with Gasteiger partial charge in [0.25, 0.3) is 0 Å². The number of pyridine rings is 1. The van der Waals surface area contributed by atoms with Crippen molar-refractivity contribution in [3.8, 4) is 0 Å². The van der Waals surface area contributed by atoms with Gasteiger partial charge in [0.2, 0.25) is 11.8 Å². The van der Waals surface area contributed by atoms with Crippen molar-refractivity contribution in [2.24, 2.45) is 0 Å². The molecule has 0 radical (unpaired) electrons. The highest BCUT2D eigenvalue weighted by molar-refractivity contribution is 6.30. The van der Waals surface area contributed by atoms with E-state index in [1.54, 1.807) is 41.6 Å². The van der Waals surface area contributed by atoms with Crippen molar-refractivity contribution >= 4 is 35.0 Å². The third-order valence-electron chi connectivity index (χ3n) is 6.00. The summed E-state index contributed by atoms with van der Waals surface area (Å²) in [6.07, 6.45) is 3.92. The Kier molecular flexibility index (Phi) is 9.30. The SMILES string of the molecule is O=C(NCc1cccnc1)C(Cc1ccccc1)N(Cc1ccc(Cl)cc1)C(=O)Cc1ccc(Cl)cc1. The van der Waals surface area contributed by atoms with Crippen LogP contribution in [0.3, 0.4) is 0 Å². The lowest BCUT2D eigenvalue weighted by Crippen LogP contribution is -2.50. The smallest absolute Gasteiger partial charge is 0.243 e. The standard InChI is InChI=1S/C30H27Cl2N3O2/c31-26-12-8-23(9-13-26)18-29(36)35(21-24-10-14-27(32)15-11-24)28(17-22-5-2-1-3-6-22)30(37)34-20-25-7-4-16-33-19-25/h1-16,19,28H,17-18,20-21H2,(H,34,37). The zero-order valence-corrected chi connectivity index (χ0v) is 21.7. The van der Waals surface area contributed by atoms with E-state index in [0.29, 0.717) is 23.0 Å². The summed E-state index contributed by atoms with van der Waals surface area (Å²) in [5, 5.41) is 4.22. The van der Waals surface area contributed by atoms with Gasteiger partial charge < -0.3 is 10.2 Å². The molecule has 0 bridgehead atoms. The number of nitrogens with one attached hydrogen (secondary N) is 1. The van der Waals surface area contributed by atoms with Crippen LogP contribution in [0.4, 0.5) is 0 Å². The molecule has 0 saturated heterocycles. The van der Waals surface area contributed by atoms with Crippen LogP contribution < -0.4 is 5.32 Å². The van der Waals surface area contributed by atoms with Gasteiger partial charge >= 0.3 is 0 Å². The van der Waals surface area contributed by atoms with Crippen molar-refractivity contribution < 1.29 is 9.59 Å². The summed E-state index contributed by atoms with van der Waals surface area (Å²) in [5.74, 6) is -0.388. The molecule has 0 spiro atoms. The summed E-state index contributed by atoms with van der Waals surface area (Å²) in [4.78, 5) is 33.2. The molecular weight excluding hydrogens is 505 g/mol. The van der Waals surface area contributed by atoms with Crippen LogP contribution in [0, 0.1) is 0 Å². The van der Waals surface area contributed by atoms with Crippen LogP contribution in [0.25, 0.3) is 0 Å². The minimum atomic E-state index is -0.727. The predicted molar refractivity (Wildman–Crippen MR) is 147 cm³/mol. The Balaban J connectivity index is 1.64. The molecule has 0 aliphatic heterocycles. The number of amides is 2. The van der Waals surface area contributed by atoms with E-state index in [9.17, 15) is 9.59 Å². The molecule has 4 rings (SSSR count). The van der Waals surface area contributed by atoms with Crippen LogP contribution in [0.2, 0.25) is 10.0 Å². The Bertz CT molecular complexity index is 1300. The lowest BCUT2D eigenvalue weighted by Gasteiger charge is -2.32. The summed E-state index contributed by atoms with van der Waals surface area (Å²) in [6, 6.07) is 27.2. The highest BCUT2D eigenvalue weighted by atomic mass is 35.5. The molecule has 4 aromatic rings. The number of nitrogens with zero attached hydrogens (tertiary/aromatic N) is 2. The zero-order valence-electron chi connectivity index (χ0n) is 20.2. The van der Waals surface area contributed by atoms with Gasteiger partial charge in [-0.2, -0.15) is 0 Å². The highest BCUT2D eigenvalue weighted by Gasteiger charge is 2.30. The van der Waals surface area contributed by atoms with Gasteiger partial charge in [0.15, 0.2) is 0 Å². The van der Waals surface area contributed by atoms with Crippen LogP contribution in [0.5, 0.6) is 0 Å². The number of aromatic nitrogens is 1. The molecule has 5 nitrogen and oxygen atoms in total. The molecule has 0 aliphatic rings. The minimum Gasteiger partial charge on any atom is -0.350 e. The first kappa shape index (κ1) is 26.4. The fourth-order valence-corrected chi connectivity index (χ4v) is 4.28. The molecule has 1 unspecified atom stereocenters. The molecule has 2 amide bonds. The third kappa shape index (κ3) is 7.91. The quantitative estimate of drug-likeness (QED) is 0.277. The molecule has 37 heavy (non-hydrogen) atoms. The second-order valence-electron chi connectivity index (χ2n) is 8.74. The van der Waals surface area contributed by atoms with Crippen LogP contribution >= 0.6 is 23.2 Å². The van der Waals surface area contributed by atoms with Gasteiger partial charge in [0, 0.05) is 41.9 Å². The number of rotatable bonds is 10. The molecule has 0 fully saturated rings. The van der Waals surface area contributed by atoms with Crippen LogP contribution in [0.15, 0.2) is 103 Å². The van der Waals surface area contributed by atoms with E-state index in [4.69, 9.17) is 23.2 Å². The Morgan fingerprint density at radius 3 is 2.00 bits per heavy atom. The Morgan fingerprint density at radius 1 is 0.757 bits per heavy atom. The maximum absolute atomic E-state index is 13.8. The summed E-state index contributed by atoms with van der Waals surface area (Å²) in [5.41, 5.74) is 3.55. The number of benzene rings is 3. The highest BCUT2D eigenvalue weighted by Crippen LogP contribution is 2.19. The third-order valence-corrected chi connectivity index (χ3v) is 6.50. The molecule has 3 aromatic carbocycles. The first-order valence-electron chi connectivity index (χ1n) is 12.0. The summed E-state index contributed by atoms with van der Waals surface area (Å²) < 4.78 is 0. The van der Waals surface area contributed by atoms with Crippen molar-refractivity contribution in [3.63, 3.8) is 0 Å². The molecule has 0 saturated carbocycles. The van der Waals surface area contributed by atoms with Gasteiger partial charge in [0.05, 0.1) is 6.42 Å². The number of halogens is 2. The van der Waals surface area contributed by atoms with Crippen molar-refractivity contribution in [1.29, 1.82) is 0 Å².